The van der Waals surface area contributed by atoms with Crippen molar-refractivity contribution in [1.29, 1.82) is 0 Å². The van der Waals surface area contributed by atoms with Crippen LogP contribution in [-0.2, 0) is 26.2 Å². The number of pyridine rings is 2. The summed E-state index contributed by atoms with van der Waals surface area (Å²) in [6.07, 6.45) is 16.3. The minimum absolute atomic E-state index is 0.796. The smallest absolute Gasteiger partial charge is 0.0784 e. The summed E-state index contributed by atoms with van der Waals surface area (Å²) in [5.74, 6) is 0. The molecule has 6 aromatic rings. The van der Waals surface area contributed by atoms with Gasteiger partial charge in [0.1, 0.15) is 0 Å². The lowest BCUT2D eigenvalue weighted by Crippen LogP contribution is -2.20. The Morgan fingerprint density at radius 3 is 1.41 bits per heavy atom. The zero-order valence-electron chi connectivity index (χ0n) is 28.0. The number of fused-ring (bicyclic) bond motifs is 6. The van der Waals surface area contributed by atoms with E-state index in [1.807, 2.05) is 12.4 Å². The second-order valence-electron chi connectivity index (χ2n) is 12.8. The summed E-state index contributed by atoms with van der Waals surface area (Å²) >= 11 is 0. The van der Waals surface area contributed by atoms with Crippen molar-refractivity contribution in [2.75, 3.05) is 13.1 Å². The molecule has 2 aromatic carbocycles. The molecule has 6 rings (SSSR count). The quantitative estimate of drug-likeness (QED) is 0.0890. The van der Waals surface area contributed by atoms with Gasteiger partial charge < -0.3 is 19.8 Å². The van der Waals surface area contributed by atoms with Crippen molar-refractivity contribution in [3.63, 3.8) is 0 Å². The fourth-order valence-electron chi connectivity index (χ4n) is 7.18. The minimum Gasteiger partial charge on any atom is -0.339 e. The maximum atomic E-state index is 4.86. The summed E-state index contributed by atoms with van der Waals surface area (Å²) in [4.78, 5) is 9.72. The molecule has 0 aliphatic rings. The van der Waals surface area contributed by atoms with Crippen molar-refractivity contribution in [3.8, 4) is 0 Å². The van der Waals surface area contributed by atoms with Crippen LogP contribution in [-0.4, -0.2) is 32.2 Å². The molecule has 0 atom stereocenters. The molecule has 6 heteroatoms. The lowest BCUT2D eigenvalue weighted by molar-refractivity contribution is 0.573. The Bertz CT molecular complexity index is 1710. The van der Waals surface area contributed by atoms with Crippen LogP contribution in [0.3, 0.4) is 0 Å². The Balaban J connectivity index is 1.03. The van der Waals surface area contributed by atoms with E-state index in [9.17, 15) is 0 Å². The summed E-state index contributed by atoms with van der Waals surface area (Å²) in [6.45, 7) is 10.2. The van der Waals surface area contributed by atoms with Gasteiger partial charge in [-0.2, -0.15) is 0 Å². The summed E-state index contributed by atoms with van der Waals surface area (Å²) in [7, 11) is 0. The summed E-state index contributed by atoms with van der Waals surface area (Å²) in [5, 5.41) is 12.7. The highest BCUT2D eigenvalue weighted by Crippen LogP contribution is 2.32. The fraction of sp³-hybridized carbons (Fsp3) is 0.450. The molecule has 0 unspecified atom stereocenters. The van der Waals surface area contributed by atoms with Crippen LogP contribution in [0.5, 0.6) is 0 Å². The molecule has 0 radical (unpaired) electrons. The zero-order chi connectivity index (χ0) is 31.6. The van der Waals surface area contributed by atoms with Gasteiger partial charge in [-0.15, -0.1) is 0 Å². The molecule has 2 N–H and O–H groups in total. The second-order valence-corrected chi connectivity index (χ2v) is 12.8. The Labute approximate surface area is 274 Å². The molecule has 0 saturated heterocycles. The first-order valence-corrected chi connectivity index (χ1v) is 17.9. The standard InChI is InChI=1S/C40H52N6/c1-3-5-7-15-27-45-37-19-11-9-17-31(37)33-21-25-43-35(39(33)45)29-41-23-13-14-24-42-30-36-40-34(22-26-44-36)32-18-10-12-20-38(32)46(40)28-16-8-6-4-2/h9-12,17-22,25-26,41-42H,3-8,13-16,23-24,27-30H2,1-2H3. The Hall–Kier alpha value is -3.74. The molecule has 6 nitrogen and oxygen atoms in total. The van der Waals surface area contributed by atoms with Gasteiger partial charge in [-0.3, -0.25) is 9.97 Å². The SMILES string of the molecule is CCCCCCn1c2ccccc2c2ccnc(CNCCCCNCc3nccc4c5ccccc5n(CCCCCC)c34)c21. The van der Waals surface area contributed by atoms with Gasteiger partial charge in [-0.1, -0.05) is 88.8 Å². The molecule has 0 bridgehead atoms. The van der Waals surface area contributed by atoms with E-state index < -0.39 is 0 Å². The first-order chi connectivity index (χ1) is 22.8. The highest BCUT2D eigenvalue weighted by Gasteiger charge is 2.16. The van der Waals surface area contributed by atoms with Gasteiger partial charge >= 0.3 is 0 Å². The monoisotopic (exact) mass is 616 g/mol. The second kappa shape index (κ2) is 16.2. The number of aryl methyl sites for hydroxylation is 2. The largest absolute Gasteiger partial charge is 0.339 e. The predicted octanol–water partition coefficient (Wildman–Crippen LogP) is 9.51. The fourth-order valence-corrected chi connectivity index (χ4v) is 7.18. The third-order valence-electron chi connectivity index (χ3n) is 9.52. The normalized spacial score (nSPS) is 12.0. The number of hydrogen-bond acceptors (Lipinski definition) is 4. The van der Waals surface area contributed by atoms with Crippen LogP contribution in [0.25, 0.3) is 43.6 Å². The van der Waals surface area contributed by atoms with Crippen LogP contribution in [0, 0.1) is 0 Å². The topological polar surface area (TPSA) is 59.7 Å². The van der Waals surface area contributed by atoms with Gasteiger partial charge in [-0.25, -0.2) is 0 Å². The first-order valence-electron chi connectivity index (χ1n) is 17.9. The van der Waals surface area contributed by atoms with Crippen LogP contribution >= 0.6 is 0 Å². The van der Waals surface area contributed by atoms with Crippen LogP contribution in [0.4, 0.5) is 0 Å². The molecule has 46 heavy (non-hydrogen) atoms. The van der Waals surface area contributed by atoms with Crippen molar-refractivity contribution in [1.82, 2.24) is 29.7 Å². The van der Waals surface area contributed by atoms with E-state index >= 15 is 0 Å². The van der Waals surface area contributed by atoms with E-state index in [1.54, 1.807) is 0 Å². The van der Waals surface area contributed by atoms with E-state index in [4.69, 9.17) is 9.97 Å². The molecule has 4 aromatic heterocycles. The van der Waals surface area contributed by atoms with Gasteiger partial charge in [0.15, 0.2) is 0 Å². The lowest BCUT2D eigenvalue weighted by Gasteiger charge is -2.12. The van der Waals surface area contributed by atoms with E-state index in [1.165, 1.54) is 95.0 Å². The van der Waals surface area contributed by atoms with E-state index in [0.29, 0.717) is 0 Å². The number of para-hydroxylation sites is 2. The van der Waals surface area contributed by atoms with Gasteiger partial charge in [0, 0.05) is 71.2 Å². The Morgan fingerprint density at radius 1 is 0.500 bits per heavy atom. The van der Waals surface area contributed by atoms with Crippen molar-refractivity contribution in [2.24, 2.45) is 0 Å². The molecule has 242 valence electrons. The third-order valence-corrected chi connectivity index (χ3v) is 9.52. The minimum atomic E-state index is 0.796. The van der Waals surface area contributed by atoms with Gasteiger partial charge in [0.25, 0.3) is 0 Å². The molecular weight excluding hydrogens is 564 g/mol. The van der Waals surface area contributed by atoms with Crippen LogP contribution in [0.1, 0.15) is 89.4 Å². The number of nitrogens with zero attached hydrogens (tertiary/aromatic N) is 4. The Kier molecular flexibility index (Phi) is 11.3. The van der Waals surface area contributed by atoms with Crippen molar-refractivity contribution < 1.29 is 0 Å². The van der Waals surface area contributed by atoms with Gasteiger partial charge in [0.05, 0.1) is 22.4 Å². The van der Waals surface area contributed by atoms with Crippen LogP contribution in [0.2, 0.25) is 0 Å². The maximum absolute atomic E-state index is 4.86. The molecule has 0 amide bonds. The average molecular weight is 617 g/mol. The molecule has 0 saturated carbocycles. The predicted molar refractivity (Wildman–Crippen MR) is 195 cm³/mol. The lowest BCUT2D eigenvalue weighted by atomic mass is 10.1. The van der Waals surface area contributed by atoms with Crippen LogP contribution < -0.4 is 10.6 Å². The van der Waals surface area contributed by atoms with Crippen molar-refractivity contribution in [3.05, 3.63) is 84.4 Å². The van der Waals surface area contributed by atoms with Gasteiger partial charge in [-0.05, 0) is 63.0 Å². The maximum Gasteiger partial charge on any atom is 0.0784 e. The third kappa shape index (κ3) is 7.13. The summed E-state index contributed by atoms with van der Waals surface area (Å²) < 4.78 is 5.04. The Morgan fingerprint density at radius 2 is 0.957 bits per heavy atom. The van der Waals surface area contributed by atoms with E-state index in [0.717, 1.165) is 63.5 Å². The zero-order valence-corrected chi connectivity index (χ0v) is 28.0. The average Bonchev–Trinajstić information content (AvgIpc) is 3.60. The highest BCUT2D eigenvalue weighted by atomic mass is 15.0. The molecular formula is C40H52N6. The summed E-state index contributed by atoms with van der Waals surface area (Å²) in [5.41, 5.74) is 7.59. The molecule has 0 spiro atoms. The number of hydrogen-bond donors (Lipinski definition) is 2. The number of benzene rings is 2. The molecule has 4 heterocycles. The summed E-state index contributed by atoms with van der Waals surface area (Å²) in [6, 6.07) is 22.1. The number of rotatable bonds is 19. The van der Waals surface area contributed by atoms with Gasteiger partial charge in [0.2, 0.25) is 0 Å². The molecule has 0 aliphatic carbocycles. The molecule has 0 aliphatic heterocycles. The first kappa shape index (κ1) is 32.2. The number of unbranched alkanes of at least 4 members (excludes halogenated alkanes) is 7. The van der Waals surface area contributed by atoms with E-state index in [2.05, 4.69) is 94.3 Å². The van der Waals surface area contributed by atoms with E-state index in [-0.39, 0.29) is 0 Å². The number of nitrogens with one attached hydrogen (secondary N) is 2. The van der Waals surface area contributed by atoms with Crippen molar-refractivity contribution in [2.45, 2.75) is 104 Å². The number of aromatic nitrogens is 4. The van der Waals surface area contributed by atoms with Crippen LogP contribution in [0.15, 0.2) is 73.1 Å². The molecule has 0 fully saturated rings. The van der Waals surface area contributed by atoms with Crippen molar-refractivity contribution >= 4 is 43.6 Å². The highest BCUT2D eigenvalue weighted by molar-refractivity contribution is 6.09.